The summed E-state index contributed by atoms with van der Waals surface area (Å²) in [7, 11) is 0. The molecular weight excluding hydrogens is 452 g/mol. The van der Waals surface area contributed by atoms with Crippen LogP contribution in [0.25, 0.3) is 22.5 Å². The maximum Gasteiger partial charge on any atom is 0.231 e. The van der Waals surface area contributed by atoms with Crippen molar-refractivity contribution >= 4 is 11.7 Å². The van der Waals surface area contributed by atoms with E-state index in [4.69, 9.17) is 20.5 Å². The first-order chi connectivity index (χ1) is 17.6. The Morgan fingerprint density at radius 2 is 1.72 bits per heavy atom. The molecule has 3 N–H and O–H groups in total. The van der Waals surface area contributed by atoms with Gasteiger partial charge in [-0.15, -0.1) is 0 Å². The minimum Gasteiger partial charge on any atom is -0.391 e. The van der Waals surface area contributed by atoms with Gasteiger partial charge in [0.05, 0.1) is 11.6 Å². The molecule has 8 nitrogen and oxygen atoms in total. The third-order valence-corrected chi connectivity index (χ3v) is 6.37. The predicted molar refractivity (Wildman–Crippen MR) is 139 cm³/mol. The normalized spacial score (nSPS) is 15.8. The first-order valence-electron chi connectivity index (χ1n) is 11.9. The Morgan fingerprint density at radius 3 is 2.42 bits per heavy atom. The van der Waals surface area contributed by atoms with Crippen LogP contribution in [0.4, 0.5) is 0 Å². The van der Waals surface area contributed by atoms with Crippen molar-refractivity contribution in [1.29, 1.82) is 5.41 Å². The van der Waals surface area contributed by atoms with E-state index < -0.39 is 0 Å². The fourth-order valence-corrected chi connectivity index (χ4v) is 4.24. The third-order valence-electron chi connectivity index (χ3n) is 6.37. The number of nitrogens with two attached hydrogens (primary N) is 1. The van der Waals surface area contributed by atoms with E-state index in [2.05, 4.69) is 51.7 Å². The van der Waals surface area contributed by atoms with Gasteiger partial charge in [0.1, 0.15) is 6.61 Å². The van der Waals surface area contributed by atoms with Crippen molar-refractivity contribution in [2.45, 2.75) is 25.9 Å². The molecule has 1 aliphatic heterocycles. The predicted octanol–water partition coefficient (Wildman–Crippen LogP) is 5.03. The van der Waals surface area contributed by atoms with Crippen LogP contribution in [-0.4, -0.2) is 39.8 Å². The first-order valence-corrected chi connectivity index (χ1v) is 11.9. The highest BCUT2D eigenvalue weighted by Gasteiger charge is 2.29. The summed E-state index contributed by atoms with van der Waals surface area (Å²) >= 11 is 0. The number of oxime groups is 1. The van der Waals surface area contributed by atoms with E-state index in [1.807, 2.05) is 54.3 Å². The van der Waals surface area contributed by atoms with Crippen LogP contribution in [0, 0.1) is 5.41 Å². The minimum absolute atomic E-state index is 0.0785. The number of hydrogen-bond donors (Lipinski definition) is 2. The average Bonchev–Trinajstić information content (AvgIpc) is 3.60. The zero-order valence-electron chi connectivity index (χ0n) is 20.1. The summed E-state index contributed by atoms with van der Waals surface area (Å²) in [6.07, 6.45) is 0.840. The molecule has 1 atom stereocenters. The number of nitrogens with one attached hydrogen (secondary N) is 1. The van der Waals surface area contributed by atoms with Gasteiger partial charge in [-0.3, -0.25) is 5.41 Å². The van der Waals surface area contributed by atoms with Gasteiger partial charge in [-0.05, 0) is 35.6 Å². The fraction of sp³-hybridized carbons (Fsp3) is 0.214. The summed E-state index contributed by atoms with van der Waals surface area (Å²) in [5.74, 6) is 1.30. The third kappa shape index (κ3) is 5.27. The molecule has 0 spiro atoms. The van der Waals surface area contributed by atoms with E-state index in [0.717, 1.165) is 35.4 Å². The van der Waals surface area contributed by atoms with Crippen LogP contribution in [0.1, 0.15) is 36.3 Å². The molecule has 1 aliphatic rings. The molecule has 182 valence electrons. The molecule has 0 bridgehead atoms. The SMILES string of the molecule is C/C(=N/OCc1ccc(-c2ccccc2)cc1)c1ccc(-c2noc([C@@H]3CCN(C(=N)N)C3)n2)cc1. The largest absolute Gasteiger partial charge is 0.391 e. The smallest absolute Gasteiger partial charge is 0.231 e. The zero-order valence-corrected chi connectivity index (χ0v) is 20.1. The van der Waals surface area contributed by atoms with Crippen LogP contribution in [-0.2, 0) is 11.4 Å². The second-order valence-electron chi connectivity index (χ2n) is 8.86. The number of rotatable bonds is 7. The Balaban J connectivity index is 1.17. The van der Waals surface area contributed by atoms with Crippen molar-refractivity contribution in [1.82, 2.24) is 15.0 Å². The highest BCUT2D eigenvalue weighted by Crippen LogP contribution is 2.27. The fourth-order valence-electron chi connectivity index (χ4n) is 4.24. The lowest BCUT2D eigenvalue weighted by atomic mass is 10.0. The lowest BCUT2D eigenvalue weighted by Gasteiger charge is -2.14. The second kappa shape index (κ2) is 10.4. The first kappa shape index (κ1) is 23.3. The number of likely N-dealkylation sites (tertiary alicyclic amines) is 1. The summed E-state index contributed by atoms with van der Waals surface area (Å²) in [6.45, 7) is 3.67. The molecule has 0 saturated carbocycles. The van der Waals surface area contributed by atoms with Crippen LogP contribution in [0.15, 0.2) is 88.5 Å². The number of aromatic nitrogens is 2. The average molecular weight is 481 g/mol. The van der Waals surface area contributed by atoms with Gasteiger partial charge in [-0.25, -0.2) is 0 Å². The standard InChI is InChI=1S/C28H28N6O2/c1-19(32-35-18-20-7-9-23(10-8-20)22-5-3-2-4-6-22)21-11-13-24(14-12-21)26-31-27(36-33-26)25-15-16-34(17-25)28(29)30/h2-14,25H,15-18H2,1H3,(H3,29,30)/b32-19-/t25-/m1/s1. The Kier molecular flexibility index (Phi) is 6.75. The maximum atomic E-state index is 7.58. The molecule has 5 rings (SSSR count). The van der Waals surface area contributed by atoms with Crippen molar-refractivity contribution in [2.24, 2.45) is 10.9 Å². The Hall–Kier alpha value is -4.46. The van der Waals surface area contributed by atoms with Crippen molar-refractivity contribution in [3.8, 4) is 22.5 Å². The van der Waals surface area contributed by atoms with Crippen molar-refractivity contribution in [3.05, 3.63) is 95.9 Å². The van der Waals surface area contributed by atoms with Crippen LogP contribution >= 0.6 is 0 Å². The van der Waals surface area contributed by atoms with Gasteiger partial charge >= 0.3 is 0 Å². The summed E-state index contributed by atoms with van der Waals surface area (Å²) < 4.78 is 5.49. The molecule has 0 aliphatic carbocycles. The molecule has 4 aromatic rings. The van der Waals surface area contributed by atoms with E-state index in [1.54, 1.807) is 0 Å². The van der Waals surface area contributed by atoms with Crippen molar-refractivity contribution in [2.75, 3.05) is 13.1 Å². The number of benzene rings is 3. The highest BCUT2D eigenvalue weighted by molar-refractivity contribution is 5.98. The summed E-state index contributed by atoms with van der Waals surface area (Å²) in [4.78, 5) is 12.0. The topological polar surface area (TPSA) is 114 Å². The molecule has 1 fully saturated rings. The van der Waals surface area contributed by atoms with Gasteiger partial charge in [0.15, 0.2) is 5.96 Å². The lowest BCUT2D eigenvalue weighted by Crippen LogP contribution is -2.34. The van der Waals surface area contributed by atoms with E-state index in [9.17, 15) is 0 Å². The van der Waals surface area contributed by atoms with E-state index in [0.29, 0.717) is 24.9 Å². The van der Waals surface area contributed by atoms with Crippen LogP contribution in [0.2, 0.25) is 0 Å². The van der Waals surface area contributed by atoms with E-state index >= 15 is 0 Å². The van der Waals surface area contributed by atoms with Crippen molar-refractivity contribution in [3.63, 3.8) is 0 Å². The molecule has 1 aromatic heterocycles. The molecule has 8 heteroatoms. The summed E-state index contributed by atoms with van der Waals surface area (Å²) in [5, 5.41) is 16.0. The van der Waals surface area contributed by atoms with Crippen LogP contribution in [0.5, 0.6) is 0 Å². The number of guanidine groups is 1. The van der Waals surface area contributed by atoms with Gasteiger partial charge in [0, 0.05) is 18.7 Å². The Bertz CT molecular complexity index is 1350. The van der Waals surface area contributed by atoms with Gasteiger partial charge < -0.3 is 20.0 Å². The molecule has 2 heterocycles. The Labute approximate surface area is 209 Å². The van der Waals surface area contributed by atoms with Gasteiger partial charge in [0.2, 0.25) is 11.7 Å². The quantitative estimate of drug-likeness (QED) is 0.218. The maximum absolute atomic E-state index is 7.58. The monoisotopic (exact) mass is 480 g/mol. The summed E-state index contributed by atoms with van der Waals surface area (Å²) in [6, 6.07) is 26.4. The molecule has 1 saturated heterocycles. The highest BCUT2D eigenvalue weighted by atomic mass is 16.6. The molecule has 0 unspecified atom stereocenters. The number of hydrogen-bond acceptors (Lipinski definition) is 6. The van der Waals surface area contributed by atoms with Gasteiger partial charge in [-0.1, -0.05) is 89.2 Å². The molecule has 3 aromatic carbocycles. The lowest BCUT2D eigenvalue weighted by molar-refractivity contribution is 0.130. The molecular formula is C28H28N6O2. The van der Waals surface area contributed by atoms with Crippen molar-refractivity contribution < 1.29 is 9.36 Å². The van der Waals surface area contributed by atoms with E-state index in [-0.39, 0.29) is 11.9 Å². The number of nitrogens with zero attached hydrogens (tertiary/aromatic N) is 4. The van der Waals surface area contributed by atoms with Gasteiger partial charge in [-0.2, -0.15) is 4.98 Å². The van der Waals surface area contributed by atoms with E-state index in [1.165, 1.54) is 11.1 Å². The molecule has 0 amide bonds. The minimum atomic E-state index is 0.0785. The van der Waals surface area contributed by atoms with Crippen LogP contribution < -0.4 is 5.73 Å². The van der Waals surface area contributed by atoms with Crippen LogP contribution in [0.3, 0.4) is 0 Å². The molecule has 0 radical (unpaired) electrons. The zero-order chi connectivity index (χ0) is 24.9. The Morgan fingerprint density at radius 1 is 1.03 bits per heavy atom. The van der Waals surface area contributed by atoms with Gasteiger partial charge in [0.25, 0.3) is 0 Å². The summed E-state index contributed by atoms with van der Waals surface area (Å²) in [5.41, 5.74) is 11.6. The molecule has 36 heavy (non-hydrogen) atoms. The second-order valence-corrected chi connectivity index (χ2v) is 8.86.